The fraction of sp³-hybridized carbons (Fsp3) is 0.364. The molecule has 2 aromatic carbocycles. The molecule has 0 saturated heterocycles. The van der Waals surface area contributed by atoms with Crippen LogP contribution in [0.1, 0.15) is 31.4 Å². The predicted octanol–water partition coefficient (Wildman–Crippen LogP) is 3.88. The first kappa shape index (κ1) is 22.7. The first-order valence-corrected chi connectivity index (χ1v) is 9.91. The molecule has 29 heavy (non-hydrogen) atoms. The van der Waals surface area contributed by atoms with E-state index in [4.69, 9.17) is 16.3 Å². The lowest BCUT2D eigenvalue weighted by Crippen LogP contribution is -2.29. The van der Waals surface area contributed by atoms with E-state index in [1.54, 1.807) is 36.4 Å². The van der Waals surface area contributed by atoms with Gasteiger partial charge < -0.3 is 20.3 Å². The van der Waals surface area contributed by atoms with Gasteiger partial charge in [0.05, 0.1) is 19.1 Å². The van der Waals surface area contributed by atoms with E-state index >= 15 is 0 Å². The zero-order chi connectivity index (χ0) is 21.2. The van der Waals surface area contributed by atoms with E-state index in [0.29, 0.717) is 17.3 Å². The minimum absolute atomic E-state index is 0.115. The summed E-state index contributed by atoms with van der Waals surface area (Å²) in [7, 11) is 4.06. The van der Waals surface area contributed by atoms with Gasteiger partial charge in [-0.15, -0.1) is 0 Å². The highest BCUT2D eigenvalue weighted by Gasteiger charge is 2.17. The van der Waals surface area contributed by atoms with E-state index in [-0.39, 0.29) is 18.2 Å². The lowest BCUT2D eigenvalue weighted by Gasteiger charge is -2.18. The summed E-state index contributed by atoms with van der Waals surface area (Å²) in [5, 5.41) is 6.27. The third-order valence-corrected chi connectivity index (χ3v) is 4.45. The fourth-order valence-electron chi connectivity index (χ4n) is 2.80. The number of hydrogen-bond acceptors (Lipinski definition) is 4. The monoisotopic (exact) mass is 417 g/mol. The van der Waals surface area contributed by atoms with Crippen molar-refractivity contribution in [3.8, 4) is 5.75 Å². The Bertz CT molecular complexity index is 792. The Morgan fingerprint density at radius 3 is 2.31 bits per heavy atom. The molecular formula is C22H28ClN3O3. The van der Waals surface area contributed by atoms with E-state index < -0.39 is 6.04 Å². The van der Waals surface area contributed by atoms with Gasteiger partial charge in [0.15, 0.2) is 0 Å². The molecule has 0 aliphatic heterocycles. The number of benzene rings is 2. The van der Waals surface area contributed by atoms with Crippen molar-refractivity contribution in [2.24, 2.45) is 0 Å². The molecule has 156 valence electrons. The van der Waals surface area contributed by atoms with Crippen molar-refractivity contribution in [2.45, 2.75) is 25.8 Å². The summed E-state index contributed by atoms with van der Waals surface area (Å²) in [5.74, 6) is 0.367. The van der Waals surface area contributed by atoms with Crippen LogP contribution in [0.15, 0.2) is 48.5 Å². The van der Waals surface area contributed by atoms with Crippen LogP contribution < -0.4 is 15.4 Å². The quantitative estimate of drug-likeness (QED) is 0.575. The molecule has 0 radical (unpaired) electrons. The highest BCUT2D eigenvalue weighted by molar-refractivity contribution is 6.30. The molecule has 1 unspecified atom stereocenters. The first-order chi connectivity index (χ1) is 13.8. The molecule has 2 amide bonds. The Kier molecular flexibility index (Phi) is 8.96. The highest BCUT2D eigenvalue weighted by atomic mass is 35.5. The van der Waals surface area contributed by atoms with E-state index in [1.807, 2.05) is 26.2 Å². The molecule has 0 spiro atoms. The zero-order valence-corrected chi connectivity index (χ0v) is 17.8. The van der Waals surface area contributed by atoms with Crippen LogP contribution in [0.3, 0.4) is 0 Å². The number of nitrogens with zero attached hydrogens (tertiary/aromatic N) is 1. The average molecular weight is 418 g/mol. The Hall–Kier alpha value is -2.57. The molecule has 0 saturated carbocycles. The second kappa shape index (κ2) is 11.4. The van der Waals surface area contributed by atoms with Crippen LogP contribution in [0.25, 0.3) is 0 Å². The molecule has 2 aromatic rings. The average Bonchev–Trinajstić information content (AvgIpc) is 2.66. The van der Waals surface area contributed by atoms with Gasteiger partial charge in [0, 0.05) is 24.2 Å². The van der Waals surface area contributed by atoms with Gasteiger partial charge in [-0.3, -0.25) is 9.59 Å². The van der Waals surface area contributed by atoms with Crippen LogP contribution in [0.5, 0.6) is 5.75 Å². The summed E-state index contributed by atoms with van der Waals surface area (Å²) in [6.45, 7) is 3.04. The summed E-state index contributed by atoms with van der Waals surface area (Å²) in [5.41, 5.74) is 1.49. The van der Waals surface area contributed by atoms with E-state index in [0.717, 1.165) is 24.3 Å². The van der Waals surface area contributed by atoms with Gasteiger partial charge in [-0.1, -0.05) is 23.7 Å². The summed E-state index contributed by atoms with van der Waals surface area (Å²) in [6, 6.07) is 13.9. The number of carbonyl (C=O) groups is 2. The van der Waals surface area contributed by atoms with E-state index in [2.05, 4.69) is 15.5 Å². The molecule has 2 rings (SSSR count). The van der Waals surface area contributed by atoms with Gasteiger partial charge >= 0.3 is 0 Å². The van der Waals surface area contributed by atoms with Gasteiger partial charge in [-0.05, 0) is 62.5 Å². The third kappa shape index (κ3) is 8.54. The minimum Gasteiger partial charge on any atom is -0.494 e. The second-order valence-electron chi connectivity index (χ2n) is 7.09. The standard InChI is InChI=1S/C22H28ClN3O3/c1-16(27)24-21(17-5-7-18(23)8-6-17)15-22(28)25-19-9-11-20(12-10-19)29-14-4-13-26(2)3/h5-12,21H,4,13-15H2,1-3H3,(H,24,27)(H,25,28). The van der Waals surface area contributed by atoms with Crippen LogP contribution in [-0.2, 0) is 9.59 Å². The molecular weight excluding hydrogens is 390 g/mol. The van der Waals surface area contributed by atoms with E-state index in [9.17, 15) is 9.59 Å². The summed E-state index contributed by atoms with van der Waals surface area (Å²) >= 11 is 5.92. The van der Waals surface area contributed by atoms with Crippen LogP contribution in [0.4, 0.5) is 5.69 Å². The van der Waals surface area contributed by atoms with Crippen molar-refractivity contribution < 1.29 is 14.3 Å². The van der Waals surface area contributed by atoms with Gasteiger partial charge in [-0.2, -0.15) is 0 Å². The first-order valence-electron chi connectivity index (χ1n) is 9.53. The van der Waals surface area contributed by atoms with Crippen LogP contribution in [0, 0.1) is 0 Å². The number of nitrogens with one attached hydrogen (secondary N) is 2. The minimum atomic E-state index is -0.427. The maximum Gasteiger partial charge on any atom is 0.226 e. The van der Waals surface area contributed by atoms with E-state index in [1.165, 1.54) is 6.92 Å². The largest absolute Gasteiger partial charge is 0.494 e. The van der Waals surface area contributed by atoms with Gasteiger partial charge in [0.25, 0.3) is 0 Å². The normalized spacial score (nSPS) is 11.8. The van der Waals surface area contributed by atoms with Crippen LogP contribution >= 0.6 is 11.6 Å². The van der Waals surface area contributed by atoms with Crippen LogP contribution in [0.2, 0.25) is 5.02 Å². The Morgan fingerprint density at radius 1 is 1.07 bits per heavy atom. The Balaban J connectivity index is 1.90. The smallest absolute Gasteiger partial charge is 0.226 e. The number of ether oxygens (including phenoxy) is 1. The number of carbonyl (C=O) groups excluding carboxylic acids is 2. The number of hydrogen-bond donors (Lipinski definition) is 2. The summed E-state index contributed by atoms with van der Waals surface area (Å²) < 4.78 is 5.69. The molecule has 0 aliphatic rings. The highest BCUT2D eigenvalue weighted by Crippen LogP contribution is 2.21. The Morgan fingerprint density at radius 2 is 1.72 bits per heavy atom. The molecule has 0 aromatic heterocycles. The molecule has 0 aliphatic carbocycles. The van der Waals surface area contributed by atoms with Crippen molar-refractivity contribution in [2.75, 3.05) is 32.6 Å². The lowest BCUT2D eigenvalue weighted by molar-refractivity contribution is -0.120. The van der Waals surface area contributed by atoms with Crippen LogP contribution in [-0.4, -0.2) is 44.0 Å². The molecule has 2 N–H and O–H groups in total. The number of rotatable bonds is 10. The molecule has 7 heteroatoms. The maximum atomic E-state index is 12.5. The predicted molar refractivity (Wildman–Crippen MR) is 116 cm³/mol. The van der Waals surface area contributed by atoms with Crippen molar-refractivity contribution >= 4 is 29.1 Å². The SMILES string of the molecule is CC(=O)NC(CC(=O)Nc1ccc(OCCCN(C)C)cc1)c1ccc(Cl)cc1. The topological polar surface area (TPSA) is 70.7 Å². The van der Waals surface area contributed by atoms with Gasteiger partial charge in [0.2, 0.25) is 11.8 Å². The number of amides is 2. The van der Waals surface area contributed by atoms with Crippen molar-refractivity contribution in [3.63, 3.8) is 0 Å². The molecule has 1 atom stereocenters. The molecule has 0 heterocycles. The molecule has 0 bridgehead atoms. The third-order valence-electron chi connectivity index (χ3n) is 4.20. The zero-order valence-electron chi connectivity index (χ0n) is 17.1. The number of halogens is 1. The Labute approximate surface area is 177 Å². The van der Waals surface area contributed by atoms with Crippen molar-refractivity contribution in [1.82, 2.24) is 10.2 Å². The molecule has 0 fully saturated rings. The summed E-state index contributed by atoms with van der Waals surface area (Å²) in [4.78, 5) is 26.1. The maximum absolute atomic E-state index is 12.5. The second-order valence-corrected chi connectivity index (χ2v) is 7.52. The van der Waals surface area contributed by atoms with Crippen molar-refractivity contribution in [1.29, 1.82) is 0 Å². The van der Waals surface area contributed by atoms with Gasteiger partial charge in [-0.25, -0.2) is 0 Å². The fourth-order valence-corrected chi connectivity index (χ4v) is 2.92. The van der Waals surface area contributed by atoms with Crippen molar-refractivity contribution in [3.05, 3.63) is 59.1 Å². The number of anilines is 1. The van der Waals surface area contributed by atoms with Gasteiger partial charge in [0.1, 0.15) is 5.75 Å². The summed E-state index contributed by atoms with van der Waals surface area (Å²) in [6.07, 6.45) is 1.06. The lowest BCUT2D eigenvalue weighted by atomic mass is 10.0. The molecule has 6 nitrogen and oxygen atoms in total.